The van der Waals surface area contributed by atoms with Gasteiger partial charge in [-0.1, -0.05) is 41.6 Å². The molecule has 0 spiro atoms. The lowest BCUT2D eigenvalue weighted by atomic mass is 10.1. The molecule has 2 aromatic carbocycles. The molecule has 0 N–H and O–H groups in total. The molecule has 0 aromatic heterocycles. The number of carbonyl (C=O) groups excluding carboxylic acids is 1. The molecule has 0 aliphatic heterocycles. The Morgan fingerprint density at radius 2 is 2.00 bits per heavy atom. The summed E-state index contributed by atoms with van der Waals surface area (Å²) >= 11 is 0. The number of ketones is 1. The maximum Gasteiger partial charge on any atom is 0.270 e. The number of hydrogen-bond donors (Lipinski definition) is 0. The van der Waals surface area contributed by atoms with Gasteiger partial charge in [0.05, 0.1) is 11.1 Å². The summed E-state index contributed by atoms with van der Waals surface area (Å²) in [4.78, 5) is 26.5. The largest absolute Gasteiger partial charge is 0.391 e. The zero-order valence-electron chi connectivity index (χ0n) is 11.9. The summed E-state index contributed by atoms with van der Waals surface area (Å²) in [6.07, 6.45) is 1.41. The van der Waals surface area contributed by atoms with Gasteiger partial charge in [-0.2, -0.15) is 0 Å². The van der Waals surface area contributed by atoms with Gasteiger partial charge in [0.2, 0.25) is 0 Å². The van der Waals surface area contributed by atoms with Crippen molar-refractivity contribution in [1.29, 1.82) is 0 Å². The van der Waals surface area contributed by atoms with Crippen molar-refractivity contribution >= 4 is 17.7 Å². The quantitative estimate of drug-likeness (QED) is 0.354. The Morgan fingerprint density at radius 3 is 2.64 bits per heavy atom. The Labute approximate surface area is 127 Å². The van der Waals surface area contributed by atoms with E-state index in [0.717, 1.165) is 5.56 Å². The minimum Gasteiger partial charge on any atom is -0.391 e. The number of rotatable bonds is 6. The van der Waals surface area contributed by atoms with Gasteiger partial charge in [-0.3, -0.25) is 14.9 Å². The second kappa shape index (κ2) is 7.12. The van der Waals surface area contributed by atoms with Crippen LogP contribution >= 0.6 is 0 Å². The zero-order chi connectivity index (χ0) is 15.9. The predicted octanol–water partition coefficient (Wildman–Crippen LogP) is 3.35. The second-order valence-corrected chi connectivity index (χ2v) is 4.61. The fourth-order valence-electron chi connectivity index (χ4n) is 1.76. The number of nitro benzene ring substituents is 1. The van der Waals surface area contributed by atoms with Crippen LogP contribution in [0.2, 0.25) is 0 Å². The number of hydrogen-bond acceptors (Lipinski definition) is 5. The molecule has 0 bridgehead atoms. The normalized spacial score (nSPS) is 10.6. The van der Waals surface area contributed by atoms with Gasteiger partial charge in [-0.15, -0.1) is 0 Å². The van der Waals surface area contributed by atoms with Gasteiger partial charge < -0.3 is 4.84 Å². The Morgan fingerprint density at radius 1 is 1.27 bits per heavy atom. The molecule has 0 aliphatic rings. The summed E-state index contributed by atoms with van der Waals surface area (Å²) in [6, 6.07) is 13.1. The van der Waals surface area contributed by atoms with Crippen LogP contribution in [0.1, 0.15) is 28.4 Å². The van der Waals surface area contributed by atoms with E-state index >= 15 is 0 Å². The van der Waals surface area contributed by atoms with Crippen LogP contribution in [0.3, 0.4) is 0 Å². The Balaban J connectivity index is 1.91. The molecular weight excluding hydrogens is 284 g/mol. The highest BCUT2D eigenvalue weighted by molar-refractivity contribution is 5.94. The van der Waals surface area contributed by atoms with Crippen molar-refractivity contribution in [2.24, 2.45) is 5.16 Å². The van der Waals surface area contributed by atoms with Crippen molar-refractivity contribution in [3.05, 3.63) is 75.3 Å². The fraction of sp³-hybridized carbons (Fsp3) is 0.125. The van der Waals surface area contributed by atoms with E-state index in [1.165, 1.54) is 25.3 Å². The van der Waals surface area contributed by atoms with Gasteiger partial charge in [0, 0.05) is 23.3 Å². The molecular formula is C16H14N2O4. The Bertz CT molecular complexity index is 708. The van der Waals surface area contributed by atoms with E-state index in [1.54, 1.807) is 36.4 Å². The minimum absolute atomic E-state index is 0.00349. The van der Waals surface area contributed by atoms with Gasteiger partial charge in [0.1, 0.15) is 6.61 Å². The fourth-order valence-corrected chi connectivity index (χ4v) is 1.76. The van der Waals surface area contributed by atoms with Crippen LogP contribution in [-0.2, 0) is 11.4 Å². The lowest BCUT2D eigenvalue weighted by Crippen LogP contribution is -1.93. The van der Waals surface area contributed by atoms with E-state index in [9.17, 15) is 14.9 Å². The third-order valence-corrected chi connectivity index (χ3v) is 2.95. The molecule has 0 amide bonds. The average molecular weight is 298 g/mol. The van der Waals surface area contributed by atoms with E-state index in [2.05, 4.69) is 5.16 Å². The summed E-state index contributed by atoms with van der Waals surface area (Å²) in [5, 5.41) is 14.4. The first-order chi connectivity index (χ1) is 10.6. The second-order valence-electron chi connectivity index (χ2n) is 4.61. The first-order valence-corrected chi connectivity index (χ1v) is 6.56. The number of nitro groups is 1. The Hall–Kier alpha value is -3.02. The molecule has 0 fully saturated rings. The first kappa shape index (κ1) is 15.4. The Kier molecular flexibility index (Phi) is 4.98. The van der Waals surface area contributed by atoms with Crippen molar-refractivity contribution in [3.63, 3.8) is 0 Å². The molecule has 0 radical (unpaired) electrons. The van der Waals surface area contributed by atoms with E-state index in [-0.39, 0.29) is 18.1 Å². The molecule has 22 heavy (non-hydrogen) atoms. The van der Waals surface area contributed by atoms with E-state index in [4.69, 9.17) is 4.84 Å². The van der Waals surface area contributed by atoms with Gasteiger partial charge in [-0.05, 0) is 12.5 Å². The summed E-state index contributed by atoms with van der Waals surface area (Å²) < 4.78 is 0. The van der Waals surface area contributed by atoms with E-state index in [0.29, 0.717) is 11.1 Å². The van der Waals surface area contributed by atoms with Crippen molar-refractivity contribution < 1.29 is 14.6 Å². The molecule has 6 heteroatoms. The van der Waals surface area contributed by atoms with Gasteiger partial charge in [0.15, 0.2) is 5.78 Å². The number of oxime groups is 1. The molecule has 0 saturated carbocycles. The third-order valence-electron chi connectivity index (χ3n) is 2.95. The topological polar surface area (TPSA) is 81.8 Å². The SMILES string of the molecule is CC(=O)c1ccc(CO/N=C\c2cccc([N+](=O)[O-])c2)cc1. The van der Waals surface area contributed by atoms with Crippen LogP contribution in [0.25, 0.3) is 0 Å². The van der Waals surface area contributed by atoms with E-state index < -0.39 is 4.92 Å². The van der Waals surface area contributed by atoms with Crippen LogP contribution in [0.5, 0.6) is 0 Å². The number of nitrogens with zero attached hydrogens (tertiary/aromatic N) is 2. The van der Waals surface area contributed by atoms with Crippen molar-refractivity contribution in [1.82, 2.24) is 0 Å². The summed E-state index contributed by atoms with van der Waals surface area (Å²) in [5.41, 5.74) is 2.11. The average Bonchev–Trinajstić information content (AvgIpc) is 2.52. The minimum atomic E-state index is -0.464. The molecule has 0 aliphatic carbocycles. The highest BCUT2D eigenvalue weighted by Crippen LogP contribution is 2.12. The molecule has 112 valence electrons. The van der Waals surface area contributed by atoms with Crippen molar-refractivity contribution in [3.8, 4) is 0 Å². The molecule has 0 heterocycles. The van der Waals surface area contributed by atoms with Crippen molar-refractivity contribution in [2.75, 3.05) is 0 Å². The summed E-state index contributed by atoms with van der Waals surface area (Å²) in [6.45, 7) is 1.76. The molecule has 0 atom stereocenters. The van der Waals surface area contributed by atoms with Crippen molar-refractivity contribution in [2.45, 2.75) is 13.5 Å². The van der Waals surface area contributed by atoms with Crippen LogP contribution in [-0.4, -0.2) is 16.9 Å². The predicted molar refractivity (Wildman–Crippen MR) is 81.9 cm³/mol. The highest BCUT2D eigenvalue weighted by Gasteiger charge is 2.04. The van der Waals surface area contributed by atoms with Crippen LogP contribution < -0.4 is 0 Å². The highest BCUT2D eigenvalue weighted by atomic mass is 16.6. The smallest absolute Gasteiger partial charge is 0.270 e. The number of non-ortho nitro benzene ring substituents is 1. The third kappa shape index (κ3) is 4.24. The standard InChI is InChI=1S/C16H14N2O4/c1-12(19)15-7-5-13(6-8-15)11-22-17-10-14-3-2-4-16(9-14)18(20)21/h2-10H,11H2,1H3/b17-10-. The zero-order valence-corrected chi connectivity index (χ0v) is 11.9. The summed E-state index contributed by atoms with van der Waals surface area (Å²) in [5.74, 6) is 0.0103. The molecule has 0 unspecified atom stereocenters. The molecule has 2 rings (SSSR count). The number of carbonyl (C=O) groups is 1. The number of Topliss-reactive ketones (excluding diaryl/α,β-unsaturated/α-hetero) is 1. The molecule has 2 aromatic rings. The maximum atomic E-state index is 11.1. The van der Waals surface area contributed by atoms with Gasteiger partial charge >= 0.3 is 0 Å². The van der Waals surface area contributed by atoms with Crippen LogP contribution in [0.15, 0.2) is 53.7 Å². The van der Waals surface area contributed by atoms with Crippen LogP contribution in [0.4, 0.5) is 5.69 Å². The van der Waals surface area contributed by atoms with Gasteiger partial charge in [-0.25, -0.2) is 0 Å². The summed E-state index contributed by atoms with van der Waals surface area (Å²) in [7, 11) is 0. The van der Waals surface area contributed by atoms with Crippen LogP contribution in [0, 0.1) is 10.1 Å². The molecule has 6 nitrogen and oxygen atoms in total. The molecule has 0 saturated heterocycles. The lowest BCUT2D eigenvalue weighted by molar-refractivity contribution is -0.384. The first-order valence-electron chi connectivity index (χ1n) is 6.56. The maximum absolute atomic E-state index is 11.1. The number of benzene rings is 2. The lowest BCUT2D eigenvalue weighted by Gasteiger charge is -2.01. The monoisotopic (exact) mass is 298 g/mol. The van der Waals surface area contributed by atoms with E-state index in [1.807, 2.05) is 0 Å². The van der Waals surface area contributed by atoms with Gasteiger partial charge in [0.25, 0.3) is 5.69 Å².